The lowest BCUT2D eigenvalue weighted by Crippen LogP contribution is -1.78. The summed E-state index contributed by atoms with van der Waals surface area (Å²) in [6.45, 7) is 0. The third-order valence-electron chi connectivity index (χ3n) is 2.94. The molecule has 0 bridgehead atoms. The van der Waals surface area contributed by atoms with Crippen LogP contribution < -0.4 is 0 Å². The van der Waals surface area contributed by atoms with Crippen molar-refractivity contribution in [1.29, 1.82) is 0 Å². The fourth-order valence-electron chi connectivity index (χ4n) is 1.95. The van der Waals surface area contributed by atoms with Crippen LogP contribution in [-0.2, 0) is 0 Å². The molecule has 0 saturated heterocycles. The lowest BCUT2D eigenvalue weighted by atomic mass is 10.1. The lowest BCUT2D eigenvalue weighted by molar-refractivity contribution is 0.595. The molecule has 20 heavy (non-hydrogen) atoms. The van der Waals surface area contributed by atoms with E-state index in [1.54, 1.807) is 0 Å². The van der Waals surface area contributed by atoms with Gasteiger partial charge in [0, 0.05) is 16.1 Å². The van der Waals surface area contributed by atoms with Gasteiger partial charge in [-0.05, 0) is 69.4 Å². The minimum absolute atomic E-state index is 0.730. The standard InChI is InChI=1S/C16H9ClI2O/c17-12-8-6-11(7-9-12)16-14(19)13(18)15(20-16)10-4-2-1-3-5-10/h1-9H. The summed E-state index contributed by atoms with van der Waals surface area (Å²) in [7, 11) is 0. The molecule has 4 heteroatoms. The maximum Gasteiger partial charge on any atom is 0.149 e. The lowest BCUT2D eigenvalue weighted by Gasteiger charge is -1.99. The topological polar surface area (TPSA) is 13.1 Å². The third-order valence-corrected chi connectivity index (χ3v) is 6.28. The average Bonchev–Trinajstić information content (AvgIpc) is 2.77. The van der Waals surface area contributed by atoms with Crippen molar-refractivity contribution in [3.63, 3.8) is 0 Å². The molecule has 0 amide bonds. The molecule has 1 aromatic heterocycles. The van der Waals surface area contributed by atoms with E-state index in [0.29, 0.717) is 0 Å². The molecule has 100 valence electrons. The highest BCUT2D eigenvalue weighted by atomic mass is 127. The first-order valence-electron chi connectivity index (χ1n) is 5.96. The van der Waals surface area contributed by atoms with Gasteiger partial charge in [0.25, 0.3) is 0 Å². The highest BCUT2D eigenvalue weighted by Crippen LogP contribution is 2.38. The van der Waals surface area contributed by atoms with Crippen LogP contribution in [0.3, 0.4) is 0 Å². The van der Waals surface area contributed by atoms with Crippen LogP contribution in [-0.4, -0.2) is 0 Å². The Hall–Kier alpha value is -0.530. The van der Waals surface area contributed by atoms with E-state index in [0.717, 1.165) is 34.8 Å². The molecule has 0 aliphatic rings. The zero-order chi connectivity index (χ0) is 14.1. The summed E-state index contributed by atoms with van der Waals surface area (Å²) in [5.41, 5.74) is 2.13. The Morgan fingerprint density at radius 2 is 1.20 bits per heavy atom. The SMILES string of the molecule is Clc1ccc(-c2oc(-c3ccccc3)c(I)c2I)cc1. The van der Waals surface area contributed by atoms with Gasteiger partial charge in [0.05, 0.1) is 7.14 Å². The smallest absolute Gasteiger partial charge is 0.149 e. The van der Waals surface area contributed by atoms with E-state index in [1.807, 2.05) is 42.5 Å². The molecule has 0 aliphatic heterocycles. The van der Waals surface area contributed by atoms with Crippen LogP contribution in [0.4, 0.5) is 0 Å². The van der Waals surface area contributed by atoms with Crippen molar-refractivity contribution in [3.8, 4) is 22.6 Å². The van der Waals surface area contributed by atoms with E-state index in [1.165, 1.54) is 0 Å². The van der Waals surface area contributed by atoms with Gasteiger partial charge >= 0.3 is 0 Å². The van der Waals surface area contributed by atoms with Crippen LogP contribution in [0, 0.1) is 7.14 Å². The predicted molar refractivity (Wildman–Crippen MR) is 100 cm³/mol. The van der Waals surface area contributed by atoms with E-state index >= 15 is 0 Å². The van der Waals surface area contributed by atoms with Gasteiger partial charge in [-0.3, -0.25) is 0 Å². The van der Waals surface area contributed by atoms with Crippen molar-refractivity contribution in [3.05, 3.63) is 66.8 Å². The normalized spacial score (nSPS) is 10.8. The Labute approximate surface area is 149 Å². The van der Waals surface area contributed by atoms with Gasteiger partial charge in [0.15, 0.2) is 0 Å². The Bertz CT molecular complexity index is 733. The van der Waals surface area contributed by atoms with Crippen LogP contribution in [0.2, 0.25) is 5.02 Å². The molecule has 1 nitrogen and oxygen atoms in total. The molecule has 0 radical (unpaired) electrons. The highest BCUT2D eigenvalue weighted by Gasteiger charge is 2.18. The van der Waals surface area contributed by atoms with Gasteiger partial charge in [-0.15, -0.1) is 0 Å². The molecule has 0 fully saturated rings. The first-order chi connectivity index (χ1) is 9.66. The summed E-state index contributed by atoms with van der Waals surface area (Å²) in [6, 6.07) is 17.9. The Morgan fingerprint density at radius 3 is 1.75 bits per heavy atom. The molecule has 0 atom stereocenters. The van der Waals surface area contributed by atoms with Crippen molar-refractivity contribution in [1.82, 2.24) is 0 Å². The number of benzene rings is 2. The molecule has 0 saturated carbocycles. The first kappa shape index (κ1) is 14.4. The van der Waals surface area contributed by atoms with E-state index < -0.39 is 0 Å². The van der Waals surface area contributed by atoms with E-state index in [9.17, 15) is 0 Å². The van der Waals surface area contributed by atoms with Gasteiger partial charge in [-0.25, -0.2) is 0 Å². The van der Waals surface area contributed by atoms with Crippen molar-refractivity contribution in [2.45, 2.75) is 0 Å². The van der Waals surface area contributed by atoms with Crippen LogP contribution in [0.1, 0.15) is 0 Å². The number of rotatable bonds is 2. The van der Waals surface area contributed by atoms with Crippen LogP contribution >= 0.6 is 56.8 Å². The van der Waals surface area contributed by atoms with Crippen molar-refractivity contribution < 1.29 is 4.42 Å². The third kappa shape index (κ3) is 2.76. The Morgan fingerprint density at radius 1 is 0.700 bits per heavy atom. The summed E-state index contributed by atoms with van der Waals surface area (Å²) in [4.78, 5) is 0. The van der Waals surface area contributed by atoms with Gasteiger partial charge in [-0.1, -0.05) is 41.9 Å². The molecule has 3 rings (SSSR count). The van der Waals surface area contributed by atoms with Crippen molar-refractivity contribution in [2.24, 2.45) is 0 Å². The fraction of sp³-hybridized carbons (Fsp3) is 0. The number of halogens is 3. The van der Waals surface area contributed by atoms with E-state index in [2.05, 4.69) is 57.3 Å². The first-order valence-corrected chi connectivity index (χ1v) is 8.49. The van der Waals surface area contributed by atoms with E-state index in [-0.39, 0.29) is 0 Å². The van der Waals surface area contributed by atoms with Gasteiger partial charge in [-0.2, -0.15) is 0 Å². The minimum atomic E-state index is 0.730. The van der Waals surface area contributed by atoms with Crippen LogP contribution in [0.5, 0.6) is 0 Å². The zero-order valence-corrected chi connectivity index (χ0v) is 15.3. The maximum absolute atomic E-state index is 6.10. The van der Waals surface area contributed by atoms with Gasteiger partial charge < -0.3 is 4.42 Å². The Kier molecular flexibility index (Phi) is 4.37. The van der Waals surface area contributed by atoms with Crippen molar-refractivity contribution >= 4 is 56.8 Å². The largest absolute Gasteiger partial charge is 0.454 e. The van der Waals surface area contributed by atoms with Crippen molar-refractivity contribution in [2.75, 3.05) is 0 Å². The predicted octanol–water partition coefficient (Wildman–Crippen LogP) is 6.48. The molecule has 0 N–H and O–H groups in total. The fourth-order valence-corrected chi connectivity index (χ4v) is 3.41. The molecular weight excluding hydrogens is 497 g/mol. The molecular formula is C16H9ClI2O. The average molecular weight is 507 g/mol. The number of hydrogen-bond acceptors (Lipinski definition) is 1. The second kappa shape index (κ2) is 6.07. The second-order valence-electron chi connectivity index (χ2n) is 4.26. The summed E-state index contributed by atoms with van der Waals surface area (Å²) in [5.74, 6) is 1.81. The maximum atomic E-state index is 6.10. The number of furan rings is 1. The molecule has 0 aliphatic carbocycles. The zero-order valence-electron chi connectivity index (χ0n) is 10.2. The van der Waals surface area contributed by atoms with Gasteiger partial charge in [0.1, 0.15) is 11.5 Å². The van der Waals surface area contributed by atoms with Crippen LogP contribution in [0.25, 0.3) is 22.6 Å². The van der Waals surface area contributed by atoms with E-state index in [4.69, 9.17) is 16.0 Å². The summed E-state index contributed by atoms with van der Waals surface area (Å²) < 4.78 is 8.37. The molecule has 3 aromatic rings. The Balaban J connectivity index is 2.13. The summed E-state index contributed by atoms with van der Waals surface area (Å²) in [5, 5.41) is 0.730. The monoisotopic (exact) mass is 506 g/mol. The number of hydrogen-bond donors (Lipinski definition) is 0. The minimum Gasteiger partial charge on any atom is -0.454 e. The molecule has 0 unspecified atom stereocenters. The van der Waals surface area contributed by atoms with Gasteiger partial charge in [0.2, 0.25) is 0 Å². The highest BCUT2D eigenvalue weighted by molar-refractivity contribution is 14.1. The summed E-state index contributed by atoms with van der Waals surface area (Å²) >= 11 is 10.6. The molecule has 1 heterocycles. The summed E-state index contributed by atoms with van der Waals surface area (Å²) in [6.07, 6.45) is 0. The molecule has 0 spiro atoms. The quantitative estimate of drug-likeness (QED) is 0.363. The van der Waals surface area contributed by atoms with Crippen LogP contribution in [0.15, 0.2) is 59.0 Å². The molecule has 2 aromatic carbocycles. The second-order valence-corrected chi connectivity index (χ2v) is 6.86.